The van der Waals surface area contributed by atoms with E-state index >= 15 is 0 Å². The zero-order chi connectivity index (χ0) is 20.6. The molecule has 1 aromatic carbocycles. The van der Waals surface area contributed by atoms with Crippen molar-refractivity contribution in [2.45, 2.75) is 29.7 Å². The summed E-state index contributed by atoms with van der Waals surface area (Å²) in [5, 5.41) is 4.90. The molecule has 2 atom stereocenters. The lowest BCUT2D eigenvalue weighted by Crippen LogP contribution is -2.53. The van der Waals surface area contributed by atoms with Crippen molar-refractivity contribution in [1.29, 1.82) is 0 Å². The van der Waals surface area contributed by atoms with Crippen molar-refractivity contribution in [2.24, 2.45) is 5.92 Å². The van der Waals surface area contributed by atoms with E-state index in [1.165, 1.54) is 24.3 Å². The highest BCUT2D eigenvalue weighted by atomic mass is 32.2. The largest absolute Gasteiger partial charge is 0.323 e. The Morgan fingerprint density at radius 1 is 1.17 bits per heavy atom. The third-order valence-corrected chi connectivity index (χ3v) is 6.94. The SMILES string of the molecule is O=C1NC(=O)C2(CCCC2CNS(=O)(=O)c2ccc(-c3ccc(F)cn3)cc2)N1. The Balaban J connectivity index is 1.47. The van der Waals surface area contributed by atoms with E-state index in [-0.39, 0.29) is 17.4 Å². The fourth-order valence-corrected chi connectivity index (χ4v) is 5.05. The van der Waals surface area contributed by atoms with Crippen LogP contribution in [0.25, 0.3) is 11.3 Å². The molecule has 1 aliphatic heterocycles. The van der Waals surface area contributed by atoms with Gasteiger partial charge in [0.25, 0.3) is 5.91 Å². The van der Waals surface area contributed by atoms with Crippen LogP contribution in [-0.2, 0) is 14.8 Å². The van der Waals surface area contributed by atoms with Gasteiger partial charge in [-0.1, -0.05) is 18.6 Å². The van der Waals surface area contributed by atoms with Gasteiger partial charge in [0.15, 0.2) is 0 Å². The standard InChI is InChI=1S/C19H19FN4O4S/c20-14-5-8-16(21-11-14)12-3-6-15(7-4-12)29(27,28)22-10-13-2-1-9-19(13)17(25)23-18(26)24-19/h3-8,11,13,22H,1-2,9-10H2,(H2,23,24,25,26). The average Bonchev–Trinajstić information content (AvgIpc) is 3.23. The molecule has 1 spiro atoms. The first kappa shape index (κ1) is 19.5. The molecule has 2 aliphatic rings. The predicted octanol–water partition coefficient (Wildman–Crippen LogP) is 1.54. The van der Waals surface area contributed by atoms with E-state index in [9.17, 15) is 22.4 Å². The molecule has 1 saturated carbocycles. The number of aromatic nitrogens is 1. The fourth-order valence-electron chi connectivity index (χ4n) is 3.97. The summed E-state index contributed by atoms with van der Waals surface area (Å²) in [6.45, 7) is 0.0390. The van der Waals surface area contributed by atoms with E-state index in [1.807, 2.05) is 0 Å². The van der Waals surface area contributed by atoms with Crippen molar-refractivity contribution in [3.8, 4) is 11.3 Å². The number of carbonyl (C=O) groups excluding carboxylic acids is 2. The number of imide groups is 1. The average molecular weight is 418 g/mol. The van der Waals surface area contributed by atoms with E-state index in [0.717, 1.165) is 12.6 Å². The Labute approximate surface area is 167 Å². The first-order valence-corrected chi connectivity index (χ1v) is 10.6. The summed E-state index contributed by atoms with van der Waals surface area (Å²) in [7, 11) is -3.81. The summed E-state index contributed by atoms with van der Waals surface area (Å²) in [6.07, 6.45) is 2.93. The van der Waals surface area contributed by atoms with Crippen LogP contribution in [0, 0.1) is 11.7 Å². The number of sulfonamides is 1. The molecule has 3 N–H and O–H groups in total. The molecule has 2 heterocycles. The van der Waals surface area contributed by atoms with Gasteiger partial charge in [-0.2, -0.15) is 0 Å². The van der Waals surface area contributed by atoms with Gasteiger partial charge in [0.1, 0.15) is 11.4 Å². The zero-order valence-corrected chi connectivity index (χ0v) is 16.1. The van der Waals surface area contributed by atoms with Gasteiger partial charge in [0.05, 0.1) is 16.8 Å². The highest BCUT2D eigenvalue weighted by molar-refractivity contribution is 7.89. The molecule has 0 bridgehead atoms. The lowest BCUT2D eigenvalue weighted by atomic mass is 9.87. The Morgan fingerprint density at radius 2 is 1.93 bits per heavy atom. The Kier molecular flexibility index (Phi) is 4.83. The Bertz CT molecular complexity index is 1060. The number of hydrogen-bond acceptors (Lipinski definition) is 5. The molecular weight excluding hydrogens is 399 g/mol. The second-order valence-electron chi connectivity index (χ2n) is 7.21. The molecule has 1 saturated heterocycles. The molecule has 8 nitrogen and oxygen atoms in total. The normalized spacial score (nSPS) is 24.0. The molecule has 2 unspecified atom stereocenters. The number of nitrogens with zero attached hydrogens (tertiary/aromatic N) is 1. The number of hydrogen-bond donors (Lipinski definition) is 3. The quantitative estimate of drug-likeness (QED) is 0.637. The molecule has 1 aromatic heterocycles. The minimum atomic E-state index is -3.81. The van der Waals surface area contributed by atoms with Gasteiger partial charge in [0.2, 0.25) is 10.0 Å². The number of carbonyl (C=O) groups is 2. The van der Waals surface area contributed by atoms with Gasteiger partial charge in [-0.3, -0.25) is 15.1 Å². The van der Waals surface area contributed by atoms with Crippen molar-refractivity contribution in [1.82, 2.24) is 20.3 Å². The fraction of sp³-hybridized carbons (Fsp3) is 0.316. The maximum atomic E-state index is 13.0. The lowest BCUT2D eigenvalue weighted by Gasteiger charge is -2.28. The van der Waals surface area contributed by atoms with E-state index in [4.69, 9.17) is 0 Å². The maximum absolute atomic E-state index is 13.0. The van der Waals surface area contributed by atoms with Gasteiger partial charge in [-0.25, -0.2) is 22.3 Å². The van der Waals surface area contributed by atoms with Crippen molar-refractivity contribution in [2.75, 3.05) is 6.54 Å². The highest BCUT2D eigenvalue weighted by Gasteiger charge is 2.54. The van der Waals surface area contributed by atoms with Crippen molar-refractivity contribution in [3.05, 3.63) is 48.4 Å². The Hall–Kier alpha value is -2.85. The van der Waals surface area contributed by atoms with E-state index in [2.05, 4.69) is 20.3 Å². The molecule has 4 rings (SSSR count). The van der Waals surface area contributed by atoms with Gasteiger partial charge in [0, 0.05) is 18.0 Å². The summed E-state index contributed by atoms with van der Waals surface area (Å²) in [5.74, 6) is -1.18. The lowest BCUT2D eigenvalue weighted by molar-refractivity contribution is -0.125. The molecule has 29 heavy (non-hydrogen) atoms. The van der Waals surface area contributed by atoms with Crippen LogP contribution < -0.4 is 15.4 Å². The zero-order valence-electron chi connectivity index (χ0n) is 15.3. The smallest absolute Gasteiger partial charge is 0.322 e. The number of halogens is 1. The number of urea groups is 1. The molecule has 10 heteroatoms. The molecular formula is C19H19FN4O4S. The minimum absolute atomic E-state index is 0.0390. The molecule has 3 amide bonds. The number of rotatable bonds is 5. The topological polar surface area (TPSA) is 117 Å². The highest BCUT2D eigenvalue weighted by Crippen LogP contribution is 2.37. The van der Waals surface area contributed by atoms with Gasteiger partial charge < -0.3 is 5.32 Å². The molecule has 2 aromatic rings. The van der Waals surface area contributed by atoms with Crippen molar-refractivity contribution >= 4 is 22.0 Å². The minimum Gasteiger partial charge on any atom is -0.323 e. The number of amides is 3. The van der Waals surface area contributed by atoms with Crippen LogP contribution in [0.4, 0.5) is 9.18 Å². The van der Waals surface area contributed by atoms with E-state index < -0.39 is 33.3 Å². The van der Waals surface area contributed by atoms with Crippen molar-refractivity contribution in [3.63, 3.8) is 0 Å². The summed E-state index contributed by atoms with van der Waals surface area (Å²) in [6, 6.07) is 8.32. The third kappa shape index (κ3) is 3.60. The van der Waals surface area contributed by atoms with Gasteiger partial charge >= 0.3 is 6.03 Å². The predicted molar refractivity (Wildman–Crippen MR) is 102 cm³/mol. The van der Waals surface area contributed by atoms with Crippen molar-refractivity contribution < 1.29 is 22.4 Å². The molecule has 2 fully saturated rings. The number of nitrogens with one attached hydrogen (secondary N) is 3. The van der Waals surface area contributed by atoms with Crippen LogP contribution in [0.3, 0.4) is 0 Å². The van der Waals surface area contributed by atoms with Gasteiger partial charge in [-0.15, -0.1) is 0 Å². The van der Waals surface area contributed by atoms with Crippen LogP contribution in [0.1, 0.15) is 19.3 Å². The number of pyridine rings is 1. The summed E-state index contributed by atoms with van der Waals surface area (Å²) in [4.78, 5) is 27.8. The maximum Gasteiger partial charge on any atom is 0.322 e. The third-order valence-electron chi connectivity index (χ3n) is 5.50. The van der Waals surface area contributed by atoms with Crippen LogP contribution >= 0.6 is 0 Å². The molecule has 0 radical (unpaired) electrons. The summed E-state index contributed by atoms with van der Waals surface area (Å²) in [5.41, 5.74) is 0.140. The summed E-state index contributed by atoms with van der Waals surface area (Å²) >= 11 is 0. The van der Waals surface area contributed by atoms with Crippen LogP contribution in [0.15, 0.2) is 47.5 Å². The molecule has 1 aliphatic carbocycles. The second-order valence-corrected chi connectivity index (χ2v) is 8.97. The summed E-state index contributed by atoms with van der Waals surface area (Å²) < 4.78 is 40.9. The van der Waals surface area contributed by atoms with Crippen LogP contribution in [-0.4, -0.2) is 37.4 Å². The van der Waals surface area contributed by atoms with Crippen LogP contribution in [0.2, 0.25) is 0 Å². The molecule has 152 valence electrons. The monoisotopic (exact) mass is 418 g/mol. The first-order chi connectivity index (χ1) is 13.8. The van der Waals surface area contributed by atoms with Crippen LogP contribution in [0.5, 0.6) is 0 Å². The number of benzene rings is 1. The van der Waals surface area contributed by atoms with Gasteiger partial charge in [-0.05, 0) is 37.1 Å². The second kappa shape index (κ2) is 7.20. The van der Waals surface area contributed by atoms with E-state index in [0.29, 0.717) is 24.1 Å². The first-order valence-electron chi connectivity index (χ1n) is 9.15. The van der Waals surface area contributed by atoms with E-state index in [1.54, 1.807) is 12.1 Å². The Morgan fingerprint density at radius 3 is 2.55 bits per heavy atom.